The maximum Gasteiger partial charge on any atom is 0.220 e. The zero-order valence-corrected chi connectivity index (χ0v) is 12.5. The van der Waals surface area contributed by atoms with Gasteiger partial charge >= 0.3 is 0 Å². The fourth-order valence-corrected chi connectivity index (χ4v) is 3.32. The average Bonchev–Trinajstić information content (AvgIpc) is 3.38. The van der Waals surface area contributed by atoms with Crippen LogP contribution in [0.15, 0.2) is 12.5 Å². The third kappa shape index (κ3) is 3.28. The van der Waals surface area contributed by atoms with Crippen molar-refractivity contribution in [1.29, 1.82) is 0 Å². The molecular formula is C16H24N4O. The zero-order valence-electron chi connectivity index (χ0n) is 12.5. The number of hydrogen-bond donors (Lipinski definition) is 1. The summed E-state index contributed by atoms with van der Waals surface area (Å²) in [5.41, 5.74) is 1.28. The molecular weight excluding hydrogens is 264 g/mol. The van der Waals surface area contributed by atoms with Crippen LogP contribution in [-0.2, 0) is 11.3 Å². The molecule has 2 aliphatic carbocycles. The first-order valence-corrected chi connectivity index (χ1v) is 8.27. The molecule has 1 atom stereocenters. The zero-order chi connectivity index (χ0) is 14.2. The number of carbonyl (C=O) groups is 1. The van der Waals surface area contributed by atoms with Crippen LogP contribution in [0.2, 0.25) is 0 Å². The maximum absolute atomic E-state index is 11.9. The van der Waals surface area contributed by atoms with Crippen molar-refractivity contribution >= 4 is 5.91 Å². The Bertz CT molecular complexity index is 518. The Hall–Kier alpha value is -1.36. The summed E-state index contributed by atoms with van der Waals surface area (Å²) in [6.45, 7) is 3.97. The lowest BCUT2D eigenvalue weighted by atomic mass is 10.1. The average molecular weight is 288 g/mol. The molecule has 1 amide bonds. The summed E-state index contributed by atoms with van der Waals surface area (Å²) < 4.78 is 2.25. The number of amides is 1. The number of carbonyl (C=O) groups excluding carboxylic acids is 1. The van der Waals surface area contributed by atoms with Gasteiger partial charge in [0.1, 0.15) is 0 Å². The summed E-state index contributed by atoms with van der Waals surface area (Å²) in [5, 5.41) is 3.13. The summed E-state index contributed by atoms with van der Waals surface area (Å²) in [4.78, 5) is 18.7. The lowest BCUT2D eigenvalue weighted by Crippen LogP contribution is -2.43. The van der Waals surface area contributed by atoms with Gasteiger partial charge in [-0.2, -0.15) is 0 Å². The third-order valence-electron chi connectivity index (χ3n) is 4.91. The number of nitrogens with one attached hydrogen (secondary N) is 1. The van der Waals surface area contributed by atoms with E-state index in [4.69, 9.17) is 0 Å². The Kier molecular flexibility index (Phi) is 3.45. The molecule has 5 heteroatoms. The van der Waals surface area contributed by atoms with Crippen LogP contribution in [-0.4, -0.2) is 40.0 Å². The molecule has 0 spiro atoms. The lowest BCUT2D eigenvalue weighted by Gasteiger charge is -2.34. The molecule has 1 aliphatic heterocycles. The number of hydrogen-bond acceptors (Lipinski definition) is 3. The fourth-order valence-electron chi connectivity index (χ4n) is 3.32. The molecule has 1 aromatic heterocycles. The Labute approximate surface area is 125 Å². The number of imidazole rings is 1. The van der Waals surface area contributed by atoms with Crippen molar-refractivity contribution in [2.45, 2.75) is 44.7 Å². The molecule has 114 valence electrons. The van der Waals surface area contributed by atoms with Crippen LogP contribution >= 0.6 is 0 Å². The summed E-state index contributed by atoms with van der Waals surface area (Å²) in [6, 6.07) is 0.332. The Morgan fingerprint density at radius 3 is 2.86 bits per heavy atom. The first-order valence-electron chi connectivity index (χ1n) is 8.27. The topological polar surface area (TPSA) is 50.2 Å². The SMILES string of the molecule is O=C(CC1CC1)NCC1CN(CC2CC2)Cc2cncn21. The highest BCUT2D eigenvalue weighted by atomic mass is 16.1. The Morgan fingerprint density at radius 1 is 1.29 bits per heavy atom. The Balaban J connectivity index is 1.36. The van der Waals surface area contributed by atoms with E-state index in [-0.39, 0.29) is 5.91 Å². The van der Waals surface area contributed by atoms with Crippen molar-refractivity contribution in [2.75, 3.05) is 19.6 Å². The quantitative estimate of drug-likeness (QED) is 0.864. The first-order chi connectivity index (χ1) is 10.3. The molecule has 0 saturated heterocycles. The highest BCUT2D eigenvalue weighted by Crippen LogP contribution is 2.33. The van der Waals surface area contributed by atoms with Gasteiger partial charge in [-0.1, -0.05) is 0 Å². The summed E-state index contributed by atoms with van der Waals surface area (Å²) in [7, 11) is 0. The molecule has 1 N–H and O–H groups in total. The van der Waals surface area contributed by atoms with Crippen molar-refractivity contribution in [3.05, 3.63) is 18.2 Å². The van der Waals surface area contributed by atoms with Crippen LogP contribution in [0.5, 0.6) is 0 Å². The first kappa shape index (κ1) is 13.3. The number of aromatic nitrogens is 2. The van der Waals surface area contributed by atoms with E-state index in [9.17, 15) is 4.79 Å². The second kappa shape index (κ2) is 5.44. The molecule has 4 rings (SSSR count). The molecule has 3 aliphatic rings. The van der Waals surface area contributed by atoms with E-state index in [1.165, 1.54) is 37.9 Å². The van der Waals surface area contributed by atoms with Crippen molar-refractivity contribution in [3.8, 4) is 0 Å². The summed E-state index contributed by atoms with van der Waals surface area (Å²) >= 11 is 0. The van der Waals surface area contributed by atoms with Crippen molar-refractivity contribution < 1.29 is 4.79 Å². The van der Waals surface area contributed by atoms with Crippen LogP contribution in [0.4, 0.5) is 0 Å². The van der Waals surface area contributed by atoms with Crippen LogP contribution in [0, 0.1) is 11.8 Å². The number of fused-ring (bicyclic) bond motifs is 1. The third-order valence-corrected chi connectivity index (χ3v) is 4.91. The summed E-state index contributed by atoms with van der Waals surface area (Å²) in [6.07, 6.45) is 9.85. The van der Waals surface area contributed by atoms with Gasteiger partial charge in [-0.15, -0.1) is 0 Å². The molecule has 5 nitrogen and oxygen atoms in total. The predicted octanol–water partition coefficient (Wildman–Crippen LogP) is 1.57. The minimum atomic E-state index is 0.221. The van der Waals surface area contributed by atoms with Crippen molar-refractivity contribution in [3.63, 3.8) is 0 Å². The van der Waals surface area contributed by atoms with E-state index < -0.39 is 0 Å². The minimum absolute atomic E-state index is 0.221. The Morgan fingerprint density at radius 2 is 2.10 bits per heavy atom. The van der Waals surface area contributed by atoms with Gasteiger partial charge in [-0.3, -0.25) is 9.69 Å². The molecule has 1 unspecified atom stereocenters. The molecule has 21 heavy (non-hydrogen) atoms. The van der Waals surface area contributed by atoms with E-state index in [1.54, 1.807) is 0 Å². The molecule has 2 heterocycles. The molecule has 2 saturated carbocycles. The molecule has 0 radical (unpaired) electrons. The van der Waals surface area contributed by atoms with Gasteiger partial charge in [0, 0.05) is 38.8 Å². The van der Waals surface area contributed by atoms with Crippen LogP contribution in [0.25, 0.3) is 0 Å². The van der Waals surface area contributed by atoms with Gasteiger partial charge in [0.25, 0.3) is 0 Å². The van der Waals surface area contributed by atoms with Crippen LogP contribution < -0.4 is 5.32 Å². The highest BCUT2D eigenvalue weighted by molar-refractivity contribution is 5.76. The van der Waals surface area contributed by atoms with Crippen LogP contribution in [0.3, 0.4) is 0 Å². The normalized spacial score (nSPS) is 25.6. The van der Waals surface area contributed by atoms with E-state index in [0.29, 0.717) is 12.0 Å². The van der Waals surface area contributed by atoms with Gasteiger partial charge in [0.2, 0.25) is 5.91 Å². The number of rotatable bonds is 6. The van der Waals surface area contributed by atoms with Gasteiger partial charge < -0.3 is 9.88 Å². The summed E-state index contributed by atoms with van der Waals surface area (Å²) in [5.74, 6) is 1.79. The smallest absolute Gasteiger partial charge is 0.220 e. The van der Waals surface area contributed by atoms with E-state index in [1.807, 2.05) is 12.5 Å². The van der Waals surface area contributed by atoms with Gasteiger partial charge in [-0.25, -0.2) is 4.98 Å². The van der Waals surface area contributed by atoms with Gasteiger partial charge in [0.05, 0.1) is 18.1 Å². The molecule has 0 aromatic carbocycles. The van der Waals surface area contributed by atoms with Gasteiger partial charge in [0.15, 0.2) is 0 Å². The van der Waals surface area contributed by atoms with E-state index in [0.717, 1.165) is 32.0 Å². The van der Waals surface area contributed by atoms with Crippen LogP contribution in [0.1, 0.15) is 43.8 Å². The number of nitrogens with zero attached hydrogens (tertiary/aromatic N) is 3. The molecule has 2 fully saturated rings. The van der Waals surface area contributed by atoms with Crippen molar-refractivity contribution in [2.24, 2.45) is 11.8 Å². The van der Waals surface area contributed by atoms with Crippen molar-refractivity contribution in [1.82, 2.24) is 19.8 Å². The fraction of sp³-hybridized carbons (Fsp3) is 0.750. The van der Waals surface area contributed by atoms with E-state index in [2.05, 4.69) is 19.8 Å². The van der Waals surface area contributed by atoms with Gasteiger partial charge in [-0.05, 0) is 37.5 Å². The molecule has 0 bridgehead atoms. The second-order valence-corrected chi connectivity index (χ2v) is 7.04. The maximum atomic E-state index is 11.9. The highest BCUT2D eigenvalue weighted by Gasteiger charge is 2.30. The largest absolute Gasteiger partial charge is 0.354 e. The predicted molar refractivity (Wildman–Crippen MR) is 79.6 cm³/mol. The monoisotopic (exact) mass is 288 g/mol. The van der Waals surface area contributed by atoms with E-state index >= 15 is 0 Å². The second-order valence-electron chi connectivity index (χ2n) is 7.04. The molecule has 1 aromatic rings. The standard InChI is InChI=1S/C16H24N4O/c21-16(5-12-1-2-12)18-7-15-10-19(8-13-3-4-13)9-14-6-17-11-20(14)15/h6,11-13,15H,1-5,7-10H2,(H,18,21). The lowest BCUT2D eigenvalue weighted by molar-refractivity contribution is -0.121. The minimum Gasteiger partial charge on any atom is -0.354 e.